The summed E-state index contributed by atoms with van der Waals surface area (Å²) in [5.74, 6) is 0.0128. The molecule has 0 unspecified atom stereocenters. The highest BCUT2D eigenvalue weighted by Gasteiger charge is 2.25. The number of likely N-dealkylation sites (tertiary alicyclic amines) is 1. The van der Waals surface area contributed by atoms with Gasteiger partial charge in [-0.3, -0.25) is 9.59 Å². The number of piperidine rings is 1. The van der Waals surface area contributed by atoms with Crippen LogP contribution in [0.1, 0.15) is 23.2 Å². The van der Waals surface area contributed by atoms with Gasteiger partial charge in [-0.2, -0.15) is 0 Å². The van der Waals surface area contributed by atoms with E-state index in [0.29, 0.717) is 25.4 Å². The molecule has 0 aliphatic carbocycles. The van der Waals surface area contributed by atoms with E-state index in [1.807, 2.05) is 42.5 Å². The molecule has 31 heavy (non-hydrogen) atoms. The standard InChI is InChI=1S/C25H25FN2O3/c26-23-8-4-3-7-22(23)25(30)28-13-11-18(12-14-28)16-27-24(29)17-31-21-10-9-19-5-1-2-6-20(19)15-21/h1-10,15,18H,11-14,16-17H2,(H,27,29). The molecule has 6 heteroatoms. The second-order valence-electron chi connectivity index (χ2n) is 7.82. The van der Waals surface area contributed by atoms with Gasteiger partial charge in [-0.05, 0) is 53.8 Å². The van der Waals surface area contributed by atoms with Crippen LogP contribution in [0.3, 0.4) is 0 Å². The maximum absolute atomic E-state index is 13.8. The summed E-state index contributed by atoms with van der Waals surface area (Å²) in [5, 5.41) is 5.11. The number of nitrogens with one attached hydrogen (secondary N) is 1. The Morgan fingerprint density at radius 3 is 2.45 bits per heavy atom. The number of carbonyl (C=O) groups is 2. The SMILES string of the molecule is O=C(COc1ccc2ccccc2c1)NCC1CCN(C(=O)c2ccccc2F)CC1. The Kier molecular flexibility index (Phi) is 6.46. The number of fused-ring (bicyclic) bond motifs is 1. The molecule has 4 rings (SSSR count). The van der Waals surface area contributed by atoms with E-state index in [1.165, 1.54) is 12.1 Å². The fraction of sp³-hybridized carbons (Fsp3) is 0.280. The zero-order valence-electron chi connectivity index (χ0n) is 17.2. The van der Waals surface area contributed by atoms with Crippen LogP contribution >= 0.6 is 0 Å². The number of benzene rings is 3. The Morgan fingerprint density at radius 1 is 0.968 bits per heavy atom. The second-order valence-corrected chi connectivity index (χ2v) is 7.82. The van der Waals surface area contributed by atoms with Crippen LogP contribution in [-0.2, 0) is 4.79 Å². The average molecular weight is 420 g/mol. The molecule has 0 atom stereocenters. The Bertz CT molecular complexity index is 1080. The van der Waals surface area contributed by atoms with Gasteiger partial charge in [-0.1, -0.05) is 42.5 Å². The van der Waals surface area contributed by atoms with Gasteiger partial charge in [0.05, 0.1) is 5.56 Å². The summed E-state index contributed by atoms with van der Waals surface area (Å²) in [6, 6.07) is 19.8. The van der Waals surface area contributed by atoms with Crippen LogP contribution in [0.2, 0.25) is 0 Å². The smallest absolute Gasteiger partial charge is 0.257 e. The van der Waals surface area contributed by atoms with Gasteiger partial charge >= 0.3 is 0 Å². The lowest BCUT2D eigenvalue weighted by atomic mass is 9.96. The third-order valence-electron chi connectivity index (χ3n) is 5.68. The largest absolute Gasteiger partial charge is 0.484 e. The molecular weight excluding hydrogens is 395 g/mol. The summed E-state index contributed by atoms with van der Waals surface area (Å²) in [6.45, 7) is 1.62. The summed E-state index contributed by atoms with van der Waals surface area (Å²) >= 11 is 0. The van der Waals surface area contributed by atoms with Crippen molar-refractivity contribution in [3.8, 4) is 5.75 Å². The lowest BCUT2D eigenvalue weighted by molar-refractivity contribution is -0.123. The molecule has 0 bridgehead atoms. The summed E-state index contributed by atoms with van der Waals surface area (Å²) in [5.41, 5.74) is 0.111. The molecule has 0 aromatic heterocycles. The van der Waals surface area contributed by atoms with E-state index in [-0.39, 0.29) is 29.9 Å². The Morgan fingerprint density at radius 2 is 1.68 bits per heavy atom. The van der Waals surface area contributed by atoms with E-state index in [0.717, 1.165) is 23.6 Å². The first kappa shape index (κ1) is 20.8. The van der Waals surface area contributed by atoms with Gasteiger partial charge < -0.3 is 15.0 Å². The maximum Gasteiger partial charge on any atom is 0.257 e. The Hall–Kier alpha value is -3.41. The quantitative estimate of drug-likeness (QED) is 0.655. The molecule has 1 aliphatic rings. The molecule has 5 nitrogen and oxygen atoms in total. The van der Waals surface area contributed by atoms with Crippen LogP contribution in [0, 0.1) is 11.7 Å². The molecule has 1 heterocycles. The Labute approximate surface area is 180 Å². The van der Waals surface area contributed by atoms with Gasteiger partial charge in [0.1, 0.15) is 11.6 Å². The molecule has 0 saturated carbocycles. The van der Waals surface area contributed by atoms with Crippen LogP contribution in [0.15, 0.2) is 66.7 Å². The number of ether oxygens (including phenoxy) is 1. The third kappa shape index (κ3) is 5.20. The Balaban J connectivity index is 1.20. The maximum atomic E-state index is 13.8. The molecule has 160 valence electrons. The van der Waals surface area contributed by atoms with E-state index in [4.69, 9.17) is 4.74 Å². The third-order valence-corrected chi connectivity index (χ3v) is 5.68. The van der Waals surface area contributed by atoms with Crippen LogP contribution in [0.5, 0.6) is 5.75 Å². The fourth-order valence-electron chi connectivity index (χ4n) is 3.86. The van der Waals surface area contributed by atoms with Crippen LogP contribution in [-0.4, -0.2) is 43.0 Å². The number of hydrogen-bond donors (Lipinski definition) is 1. The molecule has 1 saturated heterocycles. The molecule has 3 aromatic carbocycles. The molecule has 0 spiro atoms. The van der Waals surface area contributed by atoms with Gasteiger partial charge in [0.15, 0.2) is 6.61 Å². The van der Waals surface area contributed by atoms with Crippen molar-refractivity contribution >= 4 is 22.6 Å². The number of nitrogens with zero attached hydrogens (tertiary/aromatic N) is 1. The molecule has 2 amide bonds. The van der Waals surface area contributed by atoms with E-state index in [2.05, 4.69) is 5.32 Å². The second kappa shape index (κ2) is 9.60. The normalized spacial score (nSPS) is 14.4. The van der Waals surface area contributed by atoms with Crippen molar-refractivity contribution in [2.75, 3.05) is 26.2 Å². The zero-order chi connectivity index (χ0) is 21.6. The van der Waals surface area contributed by atoms with Gasteiger partial charge in [0.25, 0.3) is 11.8 Å². The number of amides is 2. The van der Waals surface area contributed by atoms with E-state index < -0.39 is 5.82 Å². The average Bonchev–Trinajstić information content (AvgIpc) is 2.81. The monoisotopic (exact) mass is 420 g/mol. The van der Waals surface area contributed by atoms with E-state index in [9.17, 15) is 14.0 Å². The van der Waals surface area contributed by atoms with Crippen molar-refractivity contribution in [1.82, 2.24) is 10.2 Å². The minimum absolute atomic E-state index is 0.0387. The van der Waals surface area contributed by atoms with Gasteiger partial charge in [0, 0.05) is 19.6 Å². The minimum atomic E-state index is -0.492. The first-order valence-corrected chi connectivity index (χ1v) is 10.5. The summed E-state index contributed by atoms with van der Waals surface area (Å²) < 4.78 is 19.5. The van der Waals surface area contributed by atoms with Crippen molar-refractivity contribution in [3.05, 3.63) is 78.1 Å². The molecule has 1 N–H and O–H groups in total. The minimum Gasteiger partial charge on any atom is -0.484 e. The summed E-state index contributed by atoms with van der Waals surface area (Å²) in [7, 11) is 0. The lowest BCUT2D eigenvalue weighted by Gasteiger charge is -2.32. The predicted octanol–water partition coefficient (Wildman–Crippen LogP) is 4.03. The topological polar surface area (TPSA) is 58.6 Å². The number of rotatable bonds is 6. The number of hydrogen-bond acceptors (Lipinski definition) is 3. The summed E-state index contributed by atoms with van der Waals surface area (Å²) in [4.78, 5) is 26.4. The van der Waals surface area contributed by atoms with Crippen LogP contribution in [0.25, 0.3) is 10.8 Å². The molecule has 1 aliphatic heterocycles. The fourth-order valence-corrected chi connectivity index (χ4v) is 3.86. The van der Waals surface area contributed by atoms with Crippen molar-refractivity contribution in [2.45, 2.75) is 12.8 Å². The number of halogens is 1. The highest BCUT2D eigenvalue weighted by molar-refractivity contribution is 5.94. The van der Waals surface area contributed by atoms with Crippen molar-refractivity contribution < 1.29 is 18.7 Å². The first-order chi connectivity index (χ1) is 15.1. The van der Waals surface area contributed by atoms with E-state index in [1.54, 1.807) is 17.0 Å². The van der Waals surface area contributed by atoms with Gasteiger partial charge in [-0.15, -0.1) is 0 Å². The molecule has 0 radical (unpaired) electrons. The van der Waals surface area contributed by atoms with Gasteiger partial charge in [0.2, 0.25) is 0 Å². The highest BCUT2D eigenvalue weighted by Crippen LogP contribution is 2.21. The van der Waals surface area contributed by atoms with Crippen LogP contribution < -0.4 is 10.1 Å². The predicted molar refractivity (Wildman–Crippen MR) is 117 cm³/mol. The van der Waals surface area contributed by atoms with E-state index >= 15 is 0 Å². The van der Waals surface area contributed by atoms with Crippen LogP contribution in [0.4, 0.5) is 4.39 Å². The van der Waals surface area contributed by atoms with Gasteiger partial charge in [-0.25, -0.2) is 4.39 Å². The van der Waals surface area contributed by atoms with Crippen molar-refractivity contribution in [3.63, 3.8) is 0 Å². The molecule has 3 aromatic rings. The first-order valence-electron chi connectivity index (χ1n) is 10.5. The lowest BCUT2D eigenvalue weighted by Crippen LogP contribution is -2.42. The van der Waals surface area contributed by atoms with Crippen molar-refractivity contribution in [2.24, 2.45) is 5.92 Å². The summed E-state index contributed by atoms with van der Waals surface area (Å²) in [6.07, 6.45) is 1.54. The molecule has 1 fully saturated rings. The zero-order valence-corrected chi connectivity index (χ0v) is 17.2. The number of carbonyl (C=O) groups excluding carboxylic acids is 2. The molecular formula is C25H25FN2O3. The van der Waals surface area contributed by atoms with Crippen molar-refractivity contribution in [1.29, 1.82) is 0 Å². The highest BCUT2D eigenvalue weighted by atomic mass is 19.1.